The smallest absolute Gasteiger partial charge is 0.303 e. The van der Waals surface area contributed by atoms with E-state index in [0.29, 0.717) is 18.0 Å². The summed E-state index contributed by atoms with van der Waals surface area (Å²) < 4.78 is 6.00. The van der Waals surface area contributed by atoms with Crippen LogP contribution in [0.15, 0.2) is 48.5 Å². The number of nitrogens with zero attached hydrogens (tertiary/aromatic N) is 1. The number of para-hydroxylation sites is 1. The molecule has 4 nitrogen and oxygen atoms in total. The van der Waals surface area contributed by atoms with E-state index >= 15 is 0 Å². The van der Waals surface area contributed by atoms with Crippen molar-refractivity contribution in [1.29, 1.82) is 0 Å². The second-order valence-corrected chi connectivity index (χ2v) is 5.95. The molecule has 0 saturated carbocycles. The van der Waals surface area contributed by atoms with Crippen LogP contribution >= 0.6 is 11.6 Å². The van der Waals surface area contributed by atoms with E-state index in [4.69, 9.17) is 21.4 Å². The van der Waals surface area contributed by atoms with Crippen molar-refractivity contribution in [3.8, 4) is 11.5 Å². The molecule has 0 spiro atoms. The summed E-state index contributed by atoms with van der Waals surface area (Å²) in [6.45, 7) is 3.54. The Hall–Kier alpha value is -2.20. The molecule has 0 radical (unpaired) electrons. The fourth-order valence-corrected chi connectivity index (χ4v) is 2.65. The average molecular weight is 348 g/mol. The molecule has 0 amide bonds. The van der Waals surface area contributed by atoms with Crippen molar-refractivity contribution in [2.45, 2.75) is 26.2 Å². The number of benzene rings is 2. The first-order chi connectivity index (χ1) is 11.6. The van der Waals surface area contributed by atoms with Crippen molar-refractivity contribution >= 4 is 23.3 Å². The van der Waals surface area contributed by atoms with E-state index in [-0.39, 0.29) is 6.42 Å². The molecule has 0 aliphatic heterocycles. The number of carboxylic acid groups (broad SMARTS) is 1. The Kier molecular flexibility index (Phi) is 6.94. The molecule has 0 heterocycles. The number of ether oxygens (including phenoxy) is 1. The second kappa shape index (κ2) is 9.18. The van der Waals surface area contributed by atoms with Crippen molar-refractivity contribution in [3.63, 3.8) is 0 Å². The number of halogens is 1. The highest BCUT2D eigenvalue weighted by molar-refractivity contribution is 6.30. The van der Waals surface area contributed by atoms with Gasteiger partial charge in [0.15, 0.2) is 5.75 Å². The predicted molar refractivity (Wildman–Crippen MR) is 97.3 cm³/mol. The fourth-order valence-electron chi connectivity index (χ4n) is 2.48. The molecule has 2 aromatic rings. The van der Waals surface area contributed by atoms with Gasteiger partial charge < -0.3 is 14.7 Å². The Balaban J connectivity index is 2.23. The molecule has 2 aromatic carbocycles. The van der Waals surface area contributed by atoms with E-state index < -0.39 is 5.97 Å². The Morgan fingerprint density at radius 2 is 1.92 bits per heavy atom. The maximum atomic E-state index is 10.8. The van der Waals surface area contributed by atoms with Crippen LogP contribution < -0.4 is 9.64 Å². The molecule has 1 N–H and O–H groups in total. The summed E-state index contributed by atoms with van der Waals surface area (Å²) in [6.07, 6.45) is 1.67. The van der Waals surface area contributed by atoms with Crippen LogP contribution in [0.3, 0.4) is 0 Å². The molecule has 0 saturated heterocycles. The summed E-state index contributed by atoms with van der Waals surface area (Å²) in [4.78, 5) is 12.9. The number of aliphatic carboxylic acids is 1. The Labute approximate surface area is 147 Å². The highest BCUT2D eigenvalue weighted by Gasteiger charge is 2.14. The van der Waals surface area contributed by atoms with Gasteiger partial charge in [0.2, 0.25) is 0 Å². The van der Waals surface area contributed by atoms with Crippen molar-refractivity contribution < 1.29 is 14.6 Å². The summed E-state index contributed by atoms with van der Waals surface area (Å²) in [5.41, 5.74) is 0.888. The lowest BCUT2D eigenvalue weighted by Crippen LogP contribution is -2.26. The van der Waals surface area contributed by atoms with Gasteiger partial charge in [-0.25, -0.2) is 0 Å². The van der Waals surface area contributed by atoms with E-state index in [1.165, 1.54) is 0 Å². The van der Waals surface area contributed by atoms with Gasteiger partial charge in [0.25, 0.3) is 0 Å². The lowest BCUT2D eigenvalue weighted by atomic mass is 10.2. The van der Waals surface area contributed by atoms with Crippen LogP contribution in [-0.2, 0) is 4.79 Å². The quantitative estimate of drug-likeness (QED) is 0.676. The maximum Gasteiger partial charge on any atom is 0.303 e. The third-order valence-corrected chi connectivity index (χ3v) is 3.78. The van der Waals surface area contributed by atoms with Gasteiger partial charge >= 0.3 is 5.97 Å². The van der Waals surface area contributed by atoms with Gasteiger partial charge in [0.05, 0.1) is 5.69 Å². The first-order valence-corrected chi connectivity index (χ1v) is 8.47. The average Bonchev–Trinajstić information content (AvgIpc) is 2.56. The highest BCUT2D eigenvalue weighted by Crippen LogP contribution is 2.35. The third kappa shape index (κ3) is 5.46. The van der Waals surface area contributed by atoms with Gasteiger partial charge in [-0.3, -0.25) is 4.79 Å². The van der Waals surface area contributed by atoms with Crippen LogP contribution in [0.2, 0.25) is 5.02 Å². The van der Waals surface area contributed by atoms with Crippen LogP contribution in [0.25, 0.3) is 0 Å². The Bertz CT molecular complexity index is 661. The Morgan fingerprint density at radius 1 is 1.17 bits per heavy atom. The minimum atomic E-state index is -0.779. The monoisotopic (exact) mass is 347 g/mol. The van der Waals surface area contributed by atoms with Crippen molar-refractivity contribution in [1.82, 2.24) is 0 Å². The molecule has 0 atom stereocenters. The summed E-state index contributed by atoms with van der Waals surface area (Å²) in [5.74, 6) is 0.690. The zero-order chi connectivity index (χ0) is 17.4. The Morgan fingerprint density at radius 3 is 2.58 bits per heavy atom. The van der Waals surface area contributed by atoms with Crippen LogP contribution in [0.5, 0.6) is 11.5 Å². The van der Waals surface area contributed by atoms with Crippen LogP contribution in [-0.4, -0.2) is 24.2 Å². The van der Waals surface area contributed by atoms with Gasteiger partial charge in [-0.15, -0.1) is 0 Å². The molecule has 0 fully saturated rings. The van der Waals surface area contributed by atoms with Crippen LogP contribution in [0.4, 0.5) is 5.69 Å². The second-order valence-electron chi connectivity index (χ2n) is 5.51. The summed E-state index contributed by atoms with van der Waals surface area (Å²) >= 11 is 6.17. The third-order valence-electron chi connectivity index (χ3n) is 3.54. The number of anilines is 1. The lowest BCUT2D eigenvalue weighted by molar-refractivity contribution is -0.137. The van der Waals surface area contributed by atoms with E-state index in [1.54, 1.807) is 6.07 Å². The summed E-state index contributed by atoms with van der Waals surface area (Å²) in [6, 6.07) is 15.1. The van der Waals surface area contributed by atoms with E-state index in [0.717, 1.165) is 30.2 Å². The first-order valence-electron chi connectivity index (χ1n) is 8.09. The standard InChI is InChI=1S/C19H22ClNO3/c1-2-12-21(13-6-9-19(22)23)17-14-15(20)10-11-18(17)24-16-7-4-3-5-8-16/h3-5,7-8,10-11,14H,2,6,9,12-13H2,1H3,(H,22,23). The highest BCUT2D eigenvalue weighted by atomic mass is 35.5. The molecule has 5 heteroatoms. The lowest BCUT2D eigenvalue weighted by Gasteiger charge is -2.26. The molecule has 0 bridgehead atoms. The molecule has 0 aliphatic rings. The minimum absolute atomic E-state index is 0.148. The molecule has 128 valence electrons. The van der Waals surface area contributed by atoms with Crippen molar-refractivity contribution in [2.75, 3.05) is 18.0 Å². The van der Waals surface area contributed by atoms with Crippen molar-refractivity contribution in [3.05, 3.63) is 53.6 Å². The van der Waals surface area contributed by atoms with Gasteiger partial charge in [-0.05, 0) is 43.2 Å². The molecule has 0 aromatic heterocycles. The molecular weight excluding hydrogens is 326 g/mol. The topological polar surface area (TPSA) is 49.8 Å². The largest absolute Gasteiger partial charge is 0.481 e. The normalized spacial score (nSPS) is 10.4. The van der Waals surface area contributed by atoms with Gasteiger partial charge in [0.1, 0.15) is 5.75 Å². The molecular formula is C19H22ClNO3. The number of carboxylic acids is 1. The summed E-state index contributed by atoms with van der Waals surface area (Å²) in [7, 11) is 0. The van der Waals surface area contributed by atoms with Crippen LogP contribution in [0.1, 0.15) is 26.2 Å². The van der Waals surface area contributed by atoms with Crippen molar-refractivity contribution in [2.24, 2.45) is 0 Å². The molecule has 0 unspecified atom stereocenters. The SMILES string of the molecule is CCCN(CCCC(=O)O)c1cc(Cl)ccc1Oc1ccccc1. The van der Waals surface area contributed by atoms with Gasteiger partial charge in [-0.1, -0.05) is 36.7 Å². The molecule has 2 rings (SSSR count). The van der Waals surface area contributed by atoms with Gasteiger partial charge in [0, 0.05) is 24.5 Å². The minimum Gasteiger partial charge on any atom is -0.481 e. The zero-order valence-corrected chi connectivity index (χ0v) is 14.5. The number of hydrogen-bond donors (Lipinski definition) is 1. The number of carbonyl (C=O) groups is 1. The maximum absolute atomic E-state index is 10.8. The van der Waals surface area contributed by atoms with Crippen LogP contribution in [0, 0.1) is 0 Å². The van der Waals surface area contributed by atoms with E-state index in [2.05, 4.69) is 11.8 Å². The molecule has 0 aliphatic carbocycles. The molecule has 24 heavy (non-hydrogen) atoms. The zero-order valence-electron chi connectivity index (χ0n) is 13.7. The predicted octanol–water partition coefficient (Wildman–Crippen LogP) is 5.21. The number of hydrogen-bond acceptors (Lipinski definition) is 3. The van der Waals surface area contributed by atoms with E-state index in [9.17, 15) is 4.79 Å². The first kappa shape index (κ1) is 18.1. The summed E-state index contributed by atoms with van der Waals surface area (Å²) in [5, 5.41) is 9.49. The van der Waals surface area contributed by atoms with E-state index in [1.807, 2.05) is 42.5 Å². The fraction of sp³-hybridized carbons (Fsp3) is 0.316. The number of rotatable bonds is 9. The van der Waals surface area contributed by atoms with Gasteiger partial charge in [-0.2, -0.15) is 0 Å².